The molecule has 182 valence electrons. The third kappa shape index (κ3) is 6.05. The van der Waals surface area contributed by atoms with Crippen LogP contribution in [0.4, 0.5) is 32.3 Å². The maximum Gasteiger partial charge on any atom is 0.323 e. The van der Waals surface area contributed by atoms with Gasteiger partial charge in [-0.05, 0) is 60.9 Å². The summed E-state index contributed by atoms with van der Waals surface area (Å²) in [4.78, 5) is 29.2. The number of halogens is 1. The molecule has 4 rings (SSSR count). The van der Waals surface area contributed by atoms with Crippen LogP contribution in [0.1, 0.15) is 18.1 Å². The van der Waals surface area contributed by atoms with Crippen LogP contribution in [0.25, 0.3) is 0 Å². The summed E-state index contributed by atoms with van der Waals surface area (Å²) in [6, 6.07) is 20.7. The van der Waals surface area contributed by atoms with Crippen LogP contribution < -0.4 is 20.9 Å². The van der Waals surface area contributed by atoms with Gasteiger partial charge in [-0.15, -0.1) is 0 Å². The Labute approximate surface area is 211 Å². The van der Waals surface area contributed by atoms with Crippen molar-refractivity contribution in [2.24, 2.45) is 0 Å². The van der Waals surface area contributed by atoms with E-state index >= 15 is 0 Å². The molecule has 0 bridgehead atoms. The van der Waals surface area contributed by atoms with Gasteiger partial charge in [-0.25, -0.2) is 9.59 Å². The van der Waals surface area contributed by atoms with Gasteiger partial charge in [0, 0.05) is 43.2 Å². The third-order valence-corrected chi connectivity index (χ3v) is 6.47. The summed E-state index contributed by atoms with van der Waals surface area (Å²) in [5.41, 5.74) is 5.26. The fourth-order valence-electron chi connectivity index (χ4n) is 4.13. The SMILES string of the molecule is CCc1ccccc1NC(=O)Nc1ccc(N2CCN(C(=O)Nc3c(C)cccc3Cl)CC2)cc1. The molecule has 7 nitrogen and oxygen atoms in total. The molecule has 0 aliphatic carbocycles. The second-order valence-corrected chi connectivity index (χ2v) is 8.88. The summed E-state index contributed by atoms with van der Waals surface area (Å²) in [5.74, 6) is 0. The van der Waals surface area contributed by atoms with Crippen molar-refractivity contribution >= 4 is 46.4 Å². The lowest BCUT2D eigenvalue weighted by molar-refractivity contribution is 0.208. The Morgan fingerprint density at radius 2 is 1.57 bits per heavy atom. The van der Waals surface area contributed by atoms with Crippen LogP contribution in [0.2, 0.25) is 5.02 Å². The molecule has 35 heavy (non-hydrogen) atoms. The Hall–Kier alpha value is -3.71. The predicted molar refractivity (Wildman–Crippen MR) is 144 cm³/mol. The Morgan fingerprint density at radius 3 is 2.26 bits per heavy atom. The van der Waals surface area contributed by atoms with Gasteiger partial charge in [-0.2, -0.15) is 0 Å². The zero-order valence-electron chi connectivity index (χ0n) is 20.0. The van der Waals surface area contributed by atoms with Gasteiger partial charge in [-0.1, -0.05) is 48.9 Å². The van der Waals surface area contributed by atoms with Crippen LogP contribution in [0.5, 0.6) is 0 Å². The molecule has 8 heteroatoms. The van der Waals surface area contributed by atoms with Crippen molar-refractivity contribution < 1.29 is 9.59 Å². The molecule has 1 aliphatic heterocycles. The van der Waals surface area contributed by atoms with Crippen molar-refractivity contribution in [2.45, 2.75) is 20.3 Å². The molecule has 0 atom stereocenters. The van der Waals surface area contributed by atoms with E-state index in [0.717, 1.165) is 42.0 Å². The zero-order chi connectivity index (χ0) is 24.8. The molecule has 1 fully saturated rings. The molecule has 4 amide bonds. The quantitative estimate of drug-likeness (QED) is 0.397. The van der Waals surface area contributed by atoms with Crippen molar-refractivity contribution in [1.29, 1.82) is 0 Å². The van der Waals surface area contributed by atoms with Crippen molar-refractivity contribution in [3.05, 3.63) is 82.9 Å². The van der Waals surface area contributed by atoms with E-state index in [-0.39, 0.29) is 12.1 Å². The van der Waals surface area contributed by atoms with E-state index in [9.17, 15) is 9.59 Å². The number of hydrogen-bond donors (Lipinski definition) is 3. The molecule has 1 saturated heterocycles. The van der Waals surface area contributed by atoms with Crippen molar-refractivity contribution in [1.82, 2.24) is 4.90 Å². The monoisotopic (exact) mass is 491 g/mol. The molecule has 0 radical (unpaired) electrons. The fraction of sp³-hybridized carbons (Fsp3) is 0.259. The van der Waals surface area contributed by atoms with Crippen LogP contribution in [0, 0.1) is 6.92 Å². The van der Waals surface area contributed by atoms with E-state index in [1.165, 1.54) is 0 Å². The number of hydrogen-bond acceptors (Lipinski definition) is 3. The molecular weight excluding hydrogens is 462 g/mol. The fourth-order valence-corrected chi connectivity index (χ4v) is 4.40. The van der Waals surface area contributed by atoms with E-state index in [1.807, 2.05) is 67.6 Å². The number of anilines is 4. The molecule has 1 aliphatic rings. The zero-order valence-corrected chi connectivity index (χ0v) is 20.7. The van der Waals surface area contributed by atoms with Crippen molar-refractivity contribution in [3.63, 3.8) is 0 Å². The first-order valence-corrected chi connectivity index (χ1v) is 12.1. The highest BCUT2D eigenvalue weighted by molar-refractivity contribution is 6.33. The van der Waals surface area contributed by atoms with Gasteiger partial charge in [0.1, 0.15) is 0 Å². The minimum absolute atomic E-state index is 0.143. The Balaban J connectivity index is 1.29. The number of carbonyl (C=O) groups is 2. The summed E-state index contributed by atoms with van der Waals surface area (Å²) in [6.07, 6.45) is 0.847. The molecule has 3 aromatic rings. The molecule has 0 spiro atoms. The molecule has 1 heterocycles. The number of aryl methyl sites for hydroxylation is 2. The van der Waals surface area contributed by atoms with E-state index in [0.29, 0.717) is 29.5 Å². The standard InChI is InChI=1S/C27H30ClN5O2/c1-3-20-8-4-5-10-24(20)30-26(34)29-21-11-13-22(14-12-21)32-15-17-33(18-16-32)27(35)31-25-19(2)7-6-9-23(25)28/h4-14H,3,15-18H2,1-2H3,(H,31,35)(H2,29,30,34). The number of urea groups is 2. The van der Waals surface area contributed by atoms with Crippen LogP contribution in [0.15, 0.2) is 66.7 Å². The Bertz CT molecular complexity index is 1170. The van der Waals surface area contributed by atoms with Crippen molar-refractivity contribution in [2.75, 3.05) is 47.0 Å². The average Bonchev–Trinajstić information content (AvgIpc) is 2.87. The highest BCUT2D eigenvalue weighted by atomic mass is 35.5. The number of nitrogens with one attached hydrogen (secondary N) is 3. The molecule has 0 aromatic heterocycles. The maximum atomic E-state index is 12.7. The lowest BCUT2D eigenvalue weighted by atomic mass is 10.1. The maximum absolute atomic E-state index is 12.7. The molecular formula is C27H30ClN5O2. The lowest BCUT2D eigenvalue weighted by Crippen LogP contribution is -2.50. The first-order valence-electron chi connectivity index (χ1n) is 11.8. The number of benzene rings is 3. The lowest BCUT2D eigenvalue weighted by Gasteiger charge is -2.36. The number of carbonyl (C=O) groups excluding carboxylic acids is 2. The van der Waals surface area contributed by atoms with E-state index in [2.05, 4.69) is 27.8 Å². The normalized spacial score (nSPS) is 13.3. The van der Waals surface area contributed by atoms with Crippen LogP contribution in [-0.2, 0) is 6.42 Å². The second kappa shape index (κ2) is 11.1. The summed E-state index contributed by atoms with van der Waals surface area (Å²) >= 11 is 6.24. The first kappa shape index (κ1) is 24.4. The second-order valence-electron chi connectivity index (χ2n) is 8.47. The molecule has 0 unspecified atom stereocenters. The van der Waals surface area contributed by atoms with E-state index in [1.54, 1.807) is 11.0 Å². The van der Waals surface area contributed by atoms with Gasteiger partial charge in [0.25, 0.3) is 0 Å². The van der Waals surface area contributed by atoms with E-state index < -0.39 is 0 Å². The minimum atomic E-state index is -0.271. The van der Waals surface area contributed by atoms with Gasteiger partial charge >= 0.3 is 12.1 Å². The van der Waals surface area contributed by atoms with Gasteiger partial charge in [0.2, 0.25) is 0 Å². The summed E-state index contributed by atoms with van der Waals surface area (Å²) < 4.78 is 0. The summed E-state index contributed by atoms with van der Waals surface area (Å²) in [6.45, 7) is 6.63. The van der Waals surface area contributed by atoms with Gasteiger partial charge in [-0.3, -0.25) is 0 Å². The number of rotatable bonds is 5. The summed E-state index contributed by atoms with van der Waals surface area (Å²) in [7, 11) is 0. The van der Waals surface area contributed by atoms with E-state index in [4.69, 9.17) is 11.6 Å². The van der Waals surface area contributed by atoms with Crippen LogP contribution in [0.3, 0.4) is 0 Å². The highest BCUT2D eigenvalue weighted by Crippen LogP contribution is 2.26. The topological polar surface area (TPSA) is 76.7 Å². The van der Waals surface area contributed by atoms with Gasteiger partial charge < -0.3 is 25.8 Å². The smallest absolute Gasteiger partial charge is 0.323 e. The minimum Gasteiger partial charge on any atom is -0.368 e. The van der Waals surface area contributed by atoms with Crippen LogP contribution >= 0.6 is 11.6 Å². The number of piperazine rings is 1. The van der Waals surface area contributed by atoms with Gasteiger partial charge in [0.05, 0.1) is 10.7 Å². The predicted octanol–water partition coefficient (Wildman–Crippen LogP) is 6.21. The Kier molecular flexibility index (Phi) is 7.77. The number of amides is 4. The molecule has 3 N–H and O–H groups in total. The number of para-hydroxylation sites is 2. The average molecular weight is 492 g/mol. The number of nitrogens with zero attached hydrogens (tertiary/aromatic N) is 2. The molecule has 0 saturated carbocycles. The third-order valence-electron chi connectivity index (χ3n) is 6.16. The molecule has 3 aromatic carbocycles. The summed E-state index contributed by atoms with van der Waals surface area (Å²) in [5, 5.41) is 9.28. The Morgan fingerprint density at radius 1 is 0.857 bits per heavy atom. The first-order chi connectivity index (χ1) is 16.9. The van der Waals surface area contributed by atoms with Crippen molar-refractivity contribution in [3.8, 4) is 0 Å². The largest absolute Gasteiger partial charge is 0.368 e. The van der Waals surface area contributed by atoms with Crippen LogP contribution in [-0.4, -0.2) is 43.1 Å². The highest BCUT2D eigenvalue weighted by Gasteiger charge is 2.22. The van der Waals surface area contributed by atoms with Gasteiger partial charge in [0.15, 0.2) is 0 Å².